The molecule has 1 atom stereocenters. The molecule has 5 nitrogen and oxygen atoms in total. The fourth-order valence-electron chi connectivity index (χ4n) is 2.29. The number of benzene rings is 2. The van der Waals surface area contributed by atoms with Crippen molar-refractivity contribution in [2.24, 2.45) is 0 Å². The molecule has 0 heterocycles. The van der Waals surface area contributed by atoms with Crippen LogP contribution in [0, 0.1) is 11.6 Å². The van der Waals surface area contributed by atoms with Crippen molar-refractivity contribution < 1.29 is 32.6 Å². The van der Waals surface area contributed by atoms with Gasteiger partial charge in [-0.05, 0) is 60.1 Å². The van der Waals surface area contributed by atoms with Gasteiger partial charge in [-0.1, -0.05) is 0 Å². The average Bonchev–Trinajstić information content (AvgIpc) is 2.64. The van der Waals surface area contributed by atoms with Crippen LogP contribution in [0.1, 0.15) is 34.6 Å². The molecule has 0 aromatic heterocycles. The summed E-state index contributed by atoms with van der Waals surface area (Å²) in [5, 5.41) is 0. The summed E-state index contributed by atoms with van der Waals surface area (Å²) in [6.07, 6.45) is -1.20. The zero-order valence-corrected chi connectivity index (χ0v) is 16.4. The lowest BCUT2D eigenvalue weighted by Gasteiger charge is -2.15. The molecule has 0 fully saturated rings. The van der Waals surface area contributed by atoms with Crippen molar-refractivity contribution in [2.45, 2.75) is 20.0 Å². The minimum atomic E-state index is -1.20. The predicted octanol–water partition coefficient (Wildman–Crippen LogP) is 4.56. The Morgan fingerprint density at radius 1 is 1.11 bits per heavy atom. The van der Waals surface area contributed by atoms with Crippen molar-refractivity contribution in [1.29, 1.82) is 0 Å². The Labute approximate surface area is 163 Å². The molecule has 0 saturated carbocycles. The second-order valence-corrected chi connectivity index (χ2v) is 6.32. The Bertz CT molecular complexity index is 869. The number of hydrogen-bond acceptors (Lipinski definition) is 5. The van der Waals surface area contributed by atoms with Crippen LogP contribution in [0.3, 0.4) is 0 Å². The molecule has 0 N–H and O–H groups in total. The fourth-order valence-corrected chi connectivity index (χ4v) is 2.84. The Kier molecular flexibility index (Phi) is 6.90. The molecule has 2 rings (SSSR count). The number of ether oxygens (including phenoxy) is 3. The van der Waals surface area contributed by atoms with Crippen LogP contribution in [-0.4, -0.2) is 31.6 Å². The van der Waals surface area contributed by atoms with E-state index >= 15 is 0 Å². The van der Waals surface area contributed by atoms with Gasteiger partial charge in [0.05, 0.1) is 23.8 Å². The monoisotopic (exact) mass is 442 g/mol. The molecule has 0 saturated heterocycles. The van der Waals surface area contributed by atoms with Gasteiger partial charge >= 0.3 is 5.97 Å². The minimum Gasteiger partial charge on any atom is -0.493 e. The van der Waals surface area contributed by atoms with E-state index in [-0.39, 0.29) is 11.1 Å². The summed E-state index contributed by atoms with van der Waals surface area (Å²) in [6, 6.07) is 5.63. The number of Topliss-reactive ketones (excluding diaryl/α,β-unsaturated/α-hetero) is 1. The highest BCUT2D eigenvalue weighted by Crippen LogP contribution is 2.37. The Hall–Kier alpha value is -2.48. The zero-order chi connectivity index (χ0) is 20.1. The van der Waals surface area contributed by atoms with Crippen molar-refractivity contribution in [3.63, 3.8) is 0 Å². The molecule has 0 radical (unpaired) electrons. The van der Waals surface area contributed by atoms with E-state index in [4.69, 9.17) is 14.2 Å². The van der Waals surface area contributed by atoms with Crippen molar-refractivity contribution >= 4 is 27.7 Å². The van der Waals surface area contributed by atoms with Gasteiger partial charge in [-0.3, -0.25) is 4.79 Å². The predicted molar refractivity (Wildman–Crippen MR) is 97.4 cm³/mol. The highest BCUT2D eigenvalue weighted by molar-refractivity contribution is 9.10. The molecule has 0 aliphatic heterocycles. The van der Waals surface area contributed by atoms with Gasteiger partial charge in [-0.2, -0.15) is 0 Å². The smallest absolute Gasteiger partial charge is 0.339 e. The van der Waals surface area contributed by atoms with Crippen LogP contribution in [0.15, 0.2) is 34.8 Å². The van der Waals surface area contributed by atoms with Crippen molar-refractivity contribution in [1.82, 2.24) is 0 Å². The number of ketones is 1. The first kappa shape index (κ1) is 20.8. The SMILES string of the molecule is CCOc1c(Br)cc(C(=O)O[C@H](C)C(=O)c2ccc(F)c(F)c2)cc1OC. The minimum absolute atomic E-state index is 0.0975. The van der Waals surface area contributed by atoms with Gasteiger partial charge in [0.15, 0.2) is 29.2 Å². The number of rotatable bonds is 7. The number of hydrogen-bond donors (Lipinski definition) is 0. The molecule has 0 amide bonds. The van der Waals surface area contributed by atoms with Crippen LogP contribution in [-0.2, 0) is 4.74 Å². The van der Waals surface area contributed by atoms with Crippen LogP contribution in [0.5, 0.6) is 11.5 Å². The number of carbonyl (C=O) groups excluding carboxylic acids is 2. The van der Waals surface area contributed by atoms with E-state index in [0.717, 1.165) is 18.2 Å². The third-order valence-corrected chi connectivity index (χ3v) is 4.20. The normalized spacial score (nSPS) is 11.6. The molecule has 0 spiro atoms. The Balaban J connectivity index is 2.19. The first-order valence-electron chi connectivity index (χ1n) is 7.99. The Morgan fingerprint density at radius 3 is 2.41 bits per heavy atom. The number of esters is 1. The lowest BCUT2D eigenvalue weighted by Crippen LogP contribution is -2.24. The molecule has 8 heteroatoms. The van der Waals surface area contributed by atoms with Gasteiger partial charge in [0.2, 0.25) is 5.78 Å². The first-order valence-corrected chi connectivity index (χ1v) is 8.78. The molecular weight excluding hydrogens is 426 g/mol. The molecule has 0 aliphatic rings. The quantitative estimate of drug-likeness (QED) is 0.464. The van der Waals surface area contributed by atoms with Crippen molar-refractivity contribution in [3.8, 4) is 11.5 Å². The topological polar surface area (TPSA) is 61.8 Å². The van der Waals surface area contributed by atoms with Gasteiger partial charge in [0.25, 0.3) is 0 Å². The highest BCUT2D eigenvalue weighted by Gasteiger charge is 2.23. The standard InChI is InChI=1S/C19H17BrF2O5/c1-4-26-18-13(20)7-12(9-16(18)25-3)19(24)27-10(2)17(23)11-5-6-14(21)15(22)8-11/h5-10H,4H2,1-3H3/t10-/m1/s1. The average molecular weight is 443 g/mol. The largest absolute Gasteiger partial charge is 0.493 e. The summed E-state index contributed by atoms with van der Waals surface area (Å²) < 4.78 is 42.6. The molecule has 0 bridgehead atoms. The summed E-state index contributed by atoms with van der Waals surface area (Å²) in [6.45, 7) is 3.56. The molecule has 2 aromatic rings. The second-order valence-electron chi connectivity index (χ2n) is 5.46. The zero-order valence-electron chi connectivity index (χ0n) is 14.8. The summed E-state index contributed by atoms with van der Waals surface area (Å²) in [4.78, 5) is 24.7. The van der Waals surface area contributed by atoms with Gasteiger partial charge in [-0.25, -0.2) is 13.6 Å². The van der Waals surface area contributed by atoms with E-state index in [9.17, 15) is 18.4 Å². The lowest BCUT2D eigenvalue weighted by atomic mass is 10.1. The van der Waals surface area contributed by atoms with E-state index in [2.05, 4.69) is 15.9 Å². The molecule has 27 heavy (non-hydrogen) atoms. The highest BCUT2D eigenvalue weighted by atomic mass is 79.9. The van der Waals surface area contributed by atoms with Crippen molar-refractivity contribution in [3.05, 3.63) is 57.6 Å². The summed E-state index contributed by atoms with van der Waals surface area (Å²) in [5.74, 6) is -2.90. The van der Waals surface area contributed by atoms with Crippen LogP contribution >= 0.6 is 15.9 Å². The van der Waals surface area contributed by atoms with Crippen LogP contribution in [0.4, 0.5) is 8.78 Å². The number of halogens is 3. The molecule has 0 aliphatic carbocycles. The maximum atomic E-state index is 13.3. The maximum Gasteiger partial charge on any atom is 0.339 e. The summed E-state index contributed by atoms with van der Waals surface area (Å²) in [7, 11) is 1.43. The second kappa shape index (κ2) is 8.94. The number of carbonyl (C=O) groups is 2. The van der Waals surface area contributed by atoms with E-state index in [1.807, 2.05) is 0 Å². The molecule has 2 aromatic carbocycles. The first-order chi connectivity index (χ1) is 12.8. The van der Waals surface area contributed by atoms with Gasteiger partial charge in [0.1, 0.15) is 0 Å². The van der Waals surface area contributed by atoms with Crippen LogP contribution in [0.25, 0.3) is 0 Å². The van der Waals surface area contributed by atoms with E-state index in [1.165, 1.54) is 26.2 Å². The Morgan fingerprint density at radius 2 is 1.81 bits per heavy atom. The van der Waals surface area contributed by atoms with E-state index < -0.39 is 29.5 Å². The van der Waals surface area contributed by atoms with Crippen molar-refractivity contribution in [2.75, 3.05) is 13.7 Å². The fraction of sp³-hybridized carbons (Fsp3) is 0.263. The number of methoxy groups -OCH3 is 1. The lowest BCUT2D eigenvalue weighted by molar-refractivity contribution is 0.0318. The maximum absolute atomic E-state index is 13.3. The third-order valence-electron chi connectivity index (χ3n) is 3.61. The van der Waals surface area contributed by atoms with Crippen LogP contribution < -0.4 is 9.47 Å². The van der Waals surface area contributed by atoms with Gasteiger partial charge in [0, 0.05) is 5.56 Å². The molecule has 0 unspecified atom stereocenters. The summed E-state index contributed by atoms with van der Waals surface area (Å²) in [5.41, 5.74) is 0.0340. The van der Waals surface area contributed by atoms with Crippen LogP contribution in [0.2, 0.25) is 0 Å². The van der Waals surface area contributed by atoms with Gasteiger partial charge < -0.3 is 14.2 Å². The molecule has 144 valence electrons. The summed E-state index contributed by atoms with van der Waals surface area (Å²) >= 11 is 3.30. The third kappa shape index (κ3) is 4.82. The molecular formula is C19H17BrF2O5. The van der Waals surface area contributed by atoms with E-state index in [0.29, 0.717) is 22.6 Å². The van der Waals surface area contributed by atoms with E-state index in [1.54, 1.807) is 6.92 Å². The van der Waals surface area contributed by atoms with Gasteiger partial charge in [-0.15, -0.1) is 0 Å².